The molecule has 1 unspecified atom stereocenters. The van der Waals surface area contributed by atoms with Crippen LogP contribution in [0.2, 0.25) is 5.15 Å². The van der Waals surface area contributed by atoms with Crippen molar-refractivity contribution in [2.45, 2.75) is 25.2 Å². The van der Waals surface area contributed by atoms with Gasteiger partial charge >= 0.3 is 0 Å². The minimum atomic E-state index is -0.104. The first kappa shape index (κ1) is 12.6. The Balaban J connectivity index is 1.81. The first-order valence-electron chi connectivity index (χ1n) is 6.09. The molecule has 0 fully saturated rings. The molecule has 2 aromatic rings. The predicted octanol–water partition coefficient (Wildman–Crippen LogP) is 3.25. The molecule has 1 aliphatic rings. The van der Waals surface area contributed by atoms with Crippen LogP contribution in [0.4, 0.5) is 5.82 Å². The third kappa shape index (κ3) is 2.48. The predicted molar refractivity (Wildman–Crippen MR) is 75.7 cm³/mol. The Hall–Kier alpha value is -1.46. The highest BCUT2D eigenvalue weighted by Crippen LogP contribution is 2.35. The van der Waals surface area contributed by atoms with Crippen molar-refractivity contribution in [3.05, 3.63) is 39.4 Å². The molecule has 19 heavy (non-hydrogen) atoms. The second kappa shape index (κ2) is 5.27. The van der Waals surface area contributed by atoms with Crippen LogP contribution in [0.25, 0.3) is 0 Å². The minimum absolute atomic E-state index is 0.0539. The summed E-state index contributed by atoms with van der Waals surface area (Å²) in [5, 5.41) is 5.04. The van der Waals surface area contributed by atoms with Crippen molar-refractivity contribution in [1.29, 1.82) is 0 Å². The van der Waals surface area contributed by atoms with Gasteiger partial charge in [0.25, 0.3) is 0 Å². The normalized spacial score (nSPS) is 17.8. The highest BCUT2D eigenvalue weighted by Gasteiger charge is 2.27. The Kier molecular flexibility index (Phi) is 3.48. The molecule has 0 radical (unpaired) electrons. The first-order valence-corrected chi connectivity index (χ1v) is 7.35. The Bertz CT molecular complexity index is 613. The van der Waals surface area contributed by atoms with Gasteiger partial charge in [0, 0.05) is 17.3 Å². The van der Waals surface area contributed by atoms with Gasteiger partial charge in [0.15, 0.2) is 11.0 Å². The number of hydrogen-bond acceptors (Lipinski definition) is 4. The molecule has 0 aliphatic heterocycles. The van der Waals surface area contributed by atoms with E-state index in [0.717, 1.165) is 24.8 Å². The molecule has 1 amide bonds. The van der Waals surface area contributed by atoms with Gasteiger partial charge in [-0.2, -0.15) is 0 Å². The lowest BCUT2D eigenvalue weighted by Crippen LogP contribution is -2.24. The Morgan fingerprint density at radius 2 is 2.26 bits per heavy atom. The van der Waals surface area contributed by atoms with Crippen LogP contribution in [0.3, 0.4) is 0 Å². The van der Waals surface area contributed by atoms with Crippen LogP contribution in [-0.4, -0.2) is 15.9 Å². The maximum absolute atomic E-state index is 12.3. The largest absolute Gasteiger partial charge is 0.308 e. The summed E-state index contributed by atoms with van der Waals surface area (Å²) in [6.45, 7) is 0. The molecule has 1 atom stereocenters. The number of thiophene rings is 1. The molecule has 4 nitrogen and oxygen atoms in total. The van der Waals surface area contributed by atoms with Crippen molar-refractivity contribution in [2.75, 3.05) is 5.32 Å². The number of aryl methyl sites for hydroxylation is 1. The Morgan fingerprint density at radius 1 is 1.42 bits per heavy atom. The van der Waals surface area contributed by atoms with E-state index in [-0.39, 0.29) is 17.0 Å². The van der Waals surface area contributed by atoms with Crippen molar-refractivity contribution >= 4 is 34.7 Å². The lowest BCUT2D eigenvalue weighted by Gasteiger charge is -2.21. The quantitative estimate of drug-likeness (QED) is 0.925. The molecule has 3 rings (SSSR count). The molecule has 0 aromatic carbocycles. The number of fused-ring (bicyclic) bond motifs is 1. The van der Waals surface area contributed by atoms with Gasteiger partial charge in [-0.25, -0.2) is 9.97 Å². The van der Waals surface area contributed by atoms with Crippen molar-refractivity contribution in [2.24, 2.45) is 0 Å². The zero-order valence-electron chi connectivity index (χ0n) is 10.1. The molecule has 0 saturated carbocycles. The van der Waals surface area contributed by atoms with Gasteiger partial charge in [-0.3, -0.25) is 4.79 Å². The van der Waals surface area contributed by atoms with Crippen molar-refractivity contribution in [3.63, 3.8) is 0 Å². The van der Waals surface area contributed by atoms with E-state index >= 15 is 0 Å². The molecular formula is C13H12ClN3OS. The molecule has 0 saturated heterocycles. The van der Waals surface area contributed by atoms with E-state index in [1.807, 2.05) is 11.4 Å². The van der Waals surface area contributed by atoms with Crippen molar-refractivity contribution in [3.8, 4) is 0 Å². The summed E-state index contributed by atoms with van der Waals surface area (Å²) in [7, 11) is 0. The second-order valence-corrected chi connectivity index (χ2v) is 5.79. The van der Waals surface area contributed by atoms with Crippen LogP contribution in [0.1, 0.15) is 29.2 Å². The van der Waals surface area contributed by atoms with Crippen molar-refractivity contribution < 1.29 is 4.79 Å². The molecule has 0 bridgehead atoms. The number of nitrogens with zero attached hydrogens (tertiary/aromatic N) is 2. The van der Waals surface area contributed by atoms with Gasteiger partial charge in [-0.05, 0) is 36.3 Å². The van der Waals surface area contributed by atoms with Gasteiger partial charge in [-0.15, -0.1) is 11.3 Å². The van der Waals surface area contributed by atoms with Crippen LogP contribution in [-0.2, 0) is 11.2 Å². The number of amides is 1. The number of halogens is 1. The summed E-state index contributed by atoms with van der Waals surface area (Å²) in [5.41, 5.74) is 1.15. The number of carbonyl (C=O) groups excluding carboxylic acids is 1. The minimum Gasteiger partial charge on any atom is -0.308 e. The molecule has 98 valence electrons. The summed E-state index contributed by atoms with van der Waals surface area (Å²) in [6, 6.07) is 2.04. The van der Waals surface area contributed by atoms with Gasteiger partial charge in [-0.1, -0.05) is 11.6 Å². The lowest BCUT2D eigenvalue weighted by molar-refractivity contribution is -0.117. The average Bonchev–Trinajstić information content (AvgIpc) is 2.89. The number of nitrogens with one attached hydrogen (secondary N) is 1. The van der Waals surface area contributed by atoms with E-state index in [1.54, 1.807) is 11.3 Å². The van der Waals surface area contributed by atoms with Crippen molar-refractivity contribution in [1.82, 2.24) is 9.97 Å². The number of anilines is 1. The van der Waals surface area contributed by atoms with Crippen LogP contribution in [0.5, 0.6) is 0 Å². The summed E-state index contributed by atoms with van der Waals surface area (Å²) >= 11 is 7.62. The number of aromatic nitrogens is 2. The molecule has 2 heterocycles. The second-order valence-electron chi connectivity index (χ2n) is 4.43. The highest BCUT2D eigenvalue weighted by molar-refractivity contribution is 7.10. The van der Waals surface area contributed by atoms with Gasteiger partial charge in [0.05, 0.1) is 5.92 Å². The first-order chi connectivity index (χ1) is 9.25. The fraction of sp³-hybridized carbons (Fsp3) is 0.308. The van der Waals surface area contributed by atoms with E-state index < -0.39 is 0 Å². The zero-order chi connectivity index (χ0) is 13.2. The van der Waals surface area contributed by atoms with E-state index in [2.05, 4.69) is 15.3 Å². The summed E-state index contributed by atoms with van der Waals surface area (Å²) < 4.78 is 0. The third-order valence-electron chi connectivity index (χ3n) is 3.26. The van der Waals surface area contributed by atoms with E-state index in [1.165, 1.54) is 17.3 Å². The average molecular weight is 294 g/mol. The maximum Gasteiger partial charge on any atom is 0.233 e. The van der Waals surface area contributed by atoms with E-state index in [4.69, 9.17) is 11.6 Å². The number of carbonyl (C=O) groups is 1. The van der Waals surface area contributed by atoms with Crippen LogP contribution < -0.4 is 5.32 Å². The molecule has 1 N–H and O–H groups in total. The number of rotatable bonds is 2. The van der Waals surface area contributed by atoms with Crippen LogP contribution in [0.15, 0.2) is 23.8 Å². The molecule has 1 aliphatic carbocycles. The Morgan fingerprint density at radius 3 is 3.11 bits per heavy atom. The third-order valence-corrected chi connectivity index (χ3v) is 4.54. The van der Waals surface area contributed by atoms with Crippen LogP contribution >= 0.6 is 22.9 Å². The molecule has 0 spiro atoms. The molecule has 6 heteroatoms. The fourth-order valence-electron chi connectivity index (χ4n) is 2.37. The highest BCUT2D eigenvalue weighted by atomic mass is 35.5. The van der Waals surface area contributed by atoms with E-state index in [0.29, 0.717) is 5.82 Å². The van der Waals surface area contributed by atoms with Gasteiger partial charge in [0.1, 0.15) is 0 Å². The Labute approximate surface area is 119 Å². The smallest absolute Gasteiger partial charge is 0.233 e. The molecular weight excluding hydrogens is 282 g/mol. The zero-order valence-corrected chi connectivity index (χ0v) is 11.7. The summed E-state index contributed by atoms with van der Waals surface area (Å²) in [5.74, 6) is 0.173. The topological polar surface area (TPSA) is 54.9 Å². The summed E-state index contributed by atoms with van der Waals surface area (Å²) in [6.07, 6.45) is 5.99. The monoisotopic (exact) mass is 293 g/mol. The molecule has 2 aromatic heterocycles. The SMILES string of the molecule is O=C(Nc1nccnc1Cl)C1CCCc2sccc21. The summed E-state index contributed by atoms with van der Waals surface area (Å²) in [4.78, 5) is 21.6. The van der Waals surface area contributed by atoms with Gasteiger partial charge < -0.3 is 5.32 Å². The fourth-order valence-corrected chi connectivity index (χ4v) is 3.51. The van der Waals surface area contributed by atoms with E-state index in [9.17, 15) is 4.79 Å². The standard InChI is InChI=1S/C13H12ClN3OS/c14-11-12(16-6-5-15-11)17-13(18)9-2-1-3-10-8(9)4-7-19-10/h4-7,9H,1-3H2,(H,16,17,18). The van der Waals surface area contributed by atoms with Crippen LogP contribution in [0, 0.1) is 0 Å². The van der Waals surface area contributed by atoms with Gasteiger partial charge in [0.2, 0.25) is 5.91 Å². The lowest BCUT2D eigenvalue weighted by atomic mass is 9.87. The number of hydrogen-bond donors (Lipinski definition) is 1. The maximum atomic E-state index is 12.3.